The number of sulfone groups is 1. The highest BCUT2D eigenvalue weighted by molar-refractivity contribution is 7.95. The second-order valence-corrected chi connectivity index (χ2v) is 5.38. The molecule has 0 amide bonds. The predicted octanol–water partition coefficient (Wildman–Crippen LogP) is 0.995. The molecule has 2 rings (SSSR count). The zero-order valence-electron chi connectivity index (χ0n) is 8.04. The van der Waals surface area contributed by atoms with Crippen LogP contribution in [0.3, 0.4) is 0 Å². The Balaban J connectivity index is 2.56. The molecule has 5 nitrogen and oxygen atoms in total. The van der Waals surface area contributed by atoms with Gasteiger partial charge in [-0.1, -0.05) is 0 Å². The maximum atomic E-state index is 11.8. The number of hydrogen-bond acceptors (Lipinski definition) is 4. The van der Waals surface area contributed by atoms with Crippen LogP contribution in [0.25, 0.3) is 6.08 Å². The van der Waals surface area contributed by atoms with Crippen LogP contribution in [0, 0.1) is 0 Å². The van der Waals surface area contributed by atoms with E-state index in [4.69, 9.17) is 5.11 Å². The number of phenolic OH excluding ortho intramolecular Hbond substituents is 1. The van der Waals surface area contributed by atoms with Gasteiger partial charge in [0.05, 0.1) is 16.2 Å². The quantitative estimate of drug-likeness (QED) is 0.804. The number of fused-ring (bicyclic) bond motifs is 1. The van der Waals surface area contributed by atoms with Crippen molar-refractivity contribution < 1.29 is 23.4 Å². The van der Waals surface area contributed by atoms with Crippen LogP contribution in [-0.2, 0) is 14.6 Å². The number of carboxylic acid groups (broad SMARTS) is 1. The van der Waals surface area contributed by atoms with E-state index in [1.54, 1.807) is 0 Å². The van der Waals surface area contributed by atoms with Gasteiger partial charge in [-0.05, 0) is 29.8 Å². The molecule has 0 unspecified atom stereocenters. The van der Waals surface area contributed by atoms with E-state index in [0.29, 0.717) is 5.56 Å². The molecule has 1 aromatic rings. The first-order valence-electron chi connectivity index (χ1n) is 4.42. The standard InChI is InChI=1S/C10H8O5S/c11-7-2-1-6-3-8(5-10(12)13)16(14,15)9(6)4-7/h1-4,11H,5H2,(H,12,13). The third kappa shape index (κ3) is 1.57. The molecular weight excluding hydrogens is 232 g/mol. The molecule has 1 aromatic carbocycles. The molecule has 0 atom stereocenters. The molecule has 0 radical (unpaired) electrons. The first-order chi connectivity index (χ1) is 7.41. The number of benzene rings is 1. The topological polar surface area (TPSA) is 91.7 Å². The second kappa shape index (κ2) is 3.34. The van der Waals surface area contributed by atoms with Crippen molar-refractivity contribution in [1.29, 1.82) is 0 Å². The van der Waals surface area contributed by atoms with Crippen molar-refractivity contribution in [3.63, 3.8) is 0 Å². The van der Waals surface area contributed by atoms with Crippen LogP contribution in [0.5, 0.6) is 5.75 Å². The van der Waals surface area contributed by atoms with Gasteiger partial charge >= 0.3 is 5.97 Å². The Bertz CT molecular complexity index is 598. The third-order valence-electron chi connectivity index (χ3n) is 2.27. The number of phenols is 1. The van der Waals surface area contributed by atoms with Crippen LogP contribution in [-0.4, -0.2) is 24.6 Å². The lowest BCUT2D eigenvalue weighted by atomic mass is 10.2. The van der Waals surface area contributed by atoms with Crippen LogP contribution in [0.4, 0.5) is 0 Å². The van der Waals surface area contributed by atoms with Gasteiger partial charge in [-0.15, -0.1) is 0 Å². The van der Waals surface area contributed by atoms with Crippen molar-refractivity contribution in [2.24, 2.45) is 0 Å². The van der Waals surface area contributed by atoms with Crippen LogP contribution in [0.15, 0.2) is 28.0 Å². The number of carboxylic acids is 1. The van der Waals surface area contributed by atoms with E-state index >= 15 is 0 Å². The molecule has 0 bridgehead atoms. The number of aromatic hydroxyl groups is 1. The molecule has 0 aromatic heterocycles. The summed E-state index contributed by atoms with van der Waals surface area (Å²) in [5.74, 6) is -1.36. The Hall–Kier alpha value is -1.82. The van der Waals surface area contributed by atoms with Crippen molar-refractivity contribution in [1.82, 2.24) is 0 Å². The molecule has 1 aliphatic heterocycles. The molecule has 0 fully saturated rings. The maximum Gasteiger partial charge on any atom is 0.308 e. The van der Waals surface area contributed by atoms with Gasteiger partial charge in [-0.25, -0.2) is 8.42 Å². The monoisotopic (exact) mass is 240 g/mol. The summed E-state index contributed by atoms with van der Waals surface area (Å²) in [5.41, 5.74) is 0.411. The lowest BCUT2D eigenvalue weighted by Crippen LogP contribution is -2.05. The molecule has 84 valence electrons. The molecule has 1 heterocycles. The minimum atomic E-state index is -3.74. The van der Waals surface area contributed by atoms with E-state index in [2.05, 4.69) is 0 Å². The van der Waals surface area contributed by atoms with Gasteiger partial charge in [0.15, 0.2) is 0 Å². The van der Waals surface area contributed by atoms with Crippen molar-refractivity contribution in [2.45, 2.75) is 11.3 Å². The predicted molar refractivity (Wildman–Crippen MR) is 55.5 cm³/mol. The number of hydrogen-bond donors (Lipinski definition) is 2. The molecule has 1 aliphatic rings. The van der Waals surface area contributed by atoms with Crippen molar-refractivity contribution in [3.8, 4) is 5.75 Å². The Morgan fingerprint density at radius 2 is 2.00 bits per heavy atom. The van der Waals surface area contributed by atoms with Crippen LogP contribution in [0.1, 0.15) is 12.0 Å². The van der Waals surface area contributed by atoms with Gasteiger partial charge in [-0.3, -0.25) is 4.79 Å². The van der Waals surface area contributed by atoms with Gasteiger partial charge in [0.25, 0.3) is 0 Å². The van der Waals surface area contributed by atoms with Crippen molar-refractivity contribution in [2.75, 3.05) is 0 Å². The lowest BCUT2D eigenvalue weighted by Gasteiger charge is -2.01. The normalized spacial score (nSPS) is 16.6. The summed E-state index contributed by atoms with van der Waals surface area (Å²) in [5, 5.41) is 17.8. The Kier molecular flexibility index (Phi) is 2.23. The van der Waals surface area contributed by atoms with E-state index in [1.807, 2.05) is 0 Å². The Labute approximate surface area is 91.6 Å². The van der Waals surface area contributed by atoms with E-state index in [-0.39, 0.29) is 15.6 Å². The minimum absolute atomic E-state index is 0.0382. The Morgan fingerprint density at radius 1 is 1.31 bits per heavy atom. The zero-order valence-corrected chi connectivity index (χ0v) is 8.86. The first-order valence-corrected chi connectivity index (χ1v) is 5.90. The van der Waals surface area contributed by atoms with Gasteiger partial charge < -0.3 is 10.2 Å². The molecule has 16 heavy (non-hydrogen) atoms. The number of carbonyl (C=O) groups is 1. The molecule has 0 saturated carbocycles. The summed E-state index contributed by atoms with van der Waals surface area (Å²) in [6, 6.07) is 3.92. The highest BCUT2D eigenvalue weighted by atomic mass is 32.2. The fourth-order valence-electron chi connectivity index (χ4n) is 1.56. The van der Waals surface area contributed by atoms with Crippen LogP contribution >= 0.6 is 0 Å². The Morgan fingerprint density at radius 3 is 2.62 bits per heavy atom. The summed E-state index contributed by atoms with van der Waals surface area (Å²) < 4.78 is 23.7. The van der Waals surface area contributed by atoms with Crippen LogP contribution < -0.4 is 0 Å². The largest absolute Gasteiger partial charge is 0.508 e. The van der Waals surface area contributed by atoms with Gasteiger partial charge in [-0.2, -0.15) is 0 Å². The molecule has 2 N–H and O–H groups in total. The minimum Gasteiger partial charge on any atom is -0.508 e. The molecule has 6 heteroatoms. The van der Waals surface area contributed by atoms with Crippen molar-refractivity contribution >= 4 is 21.9 Å². The smallest absolute Gasteiger partial charge is 0.308 e. The van der Waals surface area contributed by atoms with Gasteiger partial charge in [0, 0.05) is 0 Å². The number of rotatable bonds is 2. The van der Waals surface area contributed by atoms with E-state index in [9.17, 15) is 18.3 Å². The highest BCUT2D eigenvalue weighted by Crippen LogP contribution is 2.36. The SMILES string of the molecule is O=C(O)CC1=Cc2ccc(O)cc2S1(=O)=O. The fraction of sp³-hybridized carbons (Fsp3) is 0.100. The third-order valence-corrected chi connectivity index (χ3v) is 4.16. The molecule has 0 aliphatic carbocycles. The number of aliphatic carboxylic acids is 1. The summed E-state index contributed by atoms with van der Waals surface area (Å²) in [6.07, 6.45) is 0.774. The molecule has 0 spiro atoms. The van der Waals surface area contributed by atoms with Gasteiger partial charge in [0.2, 0.25) is 9.84 Å². The summed E-state index contributed by atoms with van der Waals surface area (Å²) in [4.78, 5) is 10.3. The van der Waals surface area contributed by atoms with E-state index in [0.717, 1.165) is 6.07 Å². The second-order valence-electron chi connectivity index (χ2n) is 3.41. The zero-order chi connectivity index (χ0) is 11.9. The molecular formula is C10H8O5S. The summed E-state index contributed by atoms with van der Waals surface area (Å²) in [6.45, 7) is 0. The van der Waals surface area contributed by atoms with Crippen LogP contribution in [0.2, 0.25) is 0 Å². The summed E-state index contributed by atoms with van der Waals surface area (Å²) in [7, 11) is -3.74. The maximum absolute atomic E-state index is 11.8. The fourth-order valence-corrected chi connectivity index (χ4v) is 3.15. The lowest BCUT2D eigenvalue weighted by molar-refractivity contribution is -0.136. The highest BCUT2D eigenvalue weighted by Gasteiger charge is 2.30. The van der Waals surface area contributed by atoms with E-state index in [1.165, 1.54) is 18.2 Å². The van der Waals surface area contributed by atoms with E-state index < -0.39 is 22.2 Å². The van der Waals surface area contributed by atoms with Crippen molar-refractivity contribution in [3.05, 3.63) is 28.7 Å². The summed E-state index contributed by atoms with van der Waals surface area (Å²) >= 11 is 0. The van der Waals surface area contributed by atoms with Gasteiger partial charge in [0.1, 0.15) is 5.75 Å². The first kappa shape index (κ1) is 10.7. The average molecular weight is 240 g/mol. The molecule has 0 saturated heterocycles. The average Bonchev–Trinajstić information content (AvgIpc) is 2.40.